The zero-order valence-electron chi connectivity index (χ0n) is 20.5. The van der Waals surface area contributed by atoms with Crippen LogP contribution in [0, 0.1) is 12.7 Å². The van der Waals surface area contributed by atoms with E-state index in [1.807, 2.05) is 43.3 Å². The third-order valence-electron chi connectivity index (χ3n) is 6.18. The SMILES string of the molecule is Cc1ccccc1/C(=C(\OC=O)C(C)n1nc(-c2cc(O)cc(F)c2)c2c(N)ncnc21)c1ccccn1. The van der Waals surface area contributed by atoms with Gasteiger partial charge in [0.2, 0.25) is 0 Å². The molecule has 0 aliphatic rings. The molecular formula is C28H23FN6O3. The number of aromatic nitrogens is 5. The molecular weight excluding hydrogens is 487 g/mol. The number of nitrogens with zero attached hydrogens (tertiary/aromatic N) is 5. The fourth-order valence-electron chi connectivity index (χ4n) is 4.47. The maximum absolute atomic E-state index is 14.2. The second-order valence-electron chi connectivity index (χ2n) is 8.61. The van der Waals surface area contributed by atoms with E-state index in [4.69, 9.17) is 15.6 Å². The molecule has 0 fully saturated rings. The number of carbonyl (C=O) groups excluding carboxylic acids is 1. The van der Waals surface area contributed by atoms with Gasteiger partial charge in [-0.3, -0.25) is 9.78 Å². The van der Waals surface area contributed by atoms with E-state index < -0.39 is 11.9 Å². The number of phenolic OH excluding ortho intramolecular Hbond substituents is 1. The average Bonchev–Trinajstić information content (AvgIpc) is 3.30. The van der Waals surface area contributed by atoms with Crippen LogP contribution in [0.5, 0.6) is 5.75 Å². The lowest BCUT2D eigenvalue weighted by Crippen LogP contribution is -2.15. The number of hydrogen-bond donors (Lipinski definition) is 2. The van der Waals surface area contributed by atoms with Crippen LogP contribution in [0.25, 0.3) is 27.9 Å². The van der Waals surface area contributed by atoms with Crippen molar-refractivity contribution in [1.29, 1.82) is 0 Å². The summed E-state index contributed by atoms with van der Waals surface area (Å²) < 4.78 is 21.4. The van der Waals surface area contributed by atoms with Crippen LogP contribution in [0.15, 0.2) is 78.9 Å². The van der Waals surface area contributed by atoms with E-state index in [1.165, 1.54) is 23.1 Å². The second-order valence-corrected chi connectivity index (χ2v) is 8.61. The van der Waals surface area contributed by atoms with Crippen molar-refractivity contribution in [2.45, 2.75) is 19.9 Å². The van der Waals surface area contributed by atoms with Crippen LogP contribution in [0.1, 0.15) is 29.8 Å². The highest BCUT2D eigenvalue weighted by atomic mass is 19.1. The summed E-state index contributed by atoms with van der Waals surface area (Å²) in [5.74, 6) is -0.526. The third-order valence-corrected chi connectivity index (χ3v) is 6.18. The van der Waals surface area contributed by atoms with Gasteiger partial charge >= 0.3 is 0 Å². The van der Waals surface area contributed by atoms with E-state index in [0.717, 1.165) is 17.2 Å². The summed E-state index contributed by atoms with van der Waals surface area (Å²) in [6.07, 6.45) is 2.95. The summed E-state index contributed by atoms with van der Waals surface area (Å²) >= 11 is 0. The minimum atomic E-state index is -0.704. The van der Waals surface area contributed by atoms with Gasteiger partial charge in [0, 0.05) is 23.4 Å². The summed E-state index contributed by atoms with van der Waals surface area (Å²) in [4.78, 5) is 24.8. The number of carbonyl (C=O) groups is 1. The molecule has 0 aliphatic carbocycles. The molecule has 3 N–H and O–H groups in total. The fraction of sp³-hybridized carbons (Fsp3) is 0.107. The number of ether oxygens (including phenoxy) is 1. The predicted octanol–water partition coefficient (Wildman–Crippen LogP) is 4.82. The molecule has 0 saturated carbocycles. The molecule has 3 heterocycles. The molecule has 0 amide bonds. The van der Waals surface area contributed by atoms with E-state index in [9.17, 15) is 14.3 Å². The molecule has 0 aliphatic heterocycles. The smallest absolute Gasteiger partial charge is 0.298 e. The summed E-state index contributed by atoms with van der Waals surface area (Å²) in [7, 11) is 0. The molecule has 3 aromatic heterocycles. The van der Waals surface area contributed by atoms with Crippen LogP contribution in [0.3, 0.4) is 0 Å². The van der Waals surface area contributed by atoms with Crippen molar-refractivity contribution in [3.8, 4) is 17.0 Å². The molecule has 0 radical (unpaired) electrons. The van der Waals surface area contributed by atoms with Crippen molar-refractivity contribution in [3.63, 3.8) is 0 Å². The maximum atomic E-state index is 14.2. The van der Waals surface area contributed by atoms with Gasteiger partial charge in [-0.05, 0) is 49.2 Å². The Morgan fingerprint density at radius 1 is 1.11 bits per heavy atom. The van der Waals surface area contributed by atoms with E-state index in [-0.39, 0.29) is 28.6 Å². The molecule has 1 atom stereocenters. The molecule has 2 aromatic carbocycles. The second kappa shape index (κ2) is 10.1. The Kier molecular flexibility index (Phi) is 6.53. The third kappa shape index (κ3) is 4.43. The largest absolute Gasteiger partial charge is 0.508 e. The number of aryl methyl sites for hydroxylation is 1. The van der Waals surface area contributed by atoms with Crippen molar-refractivity contribution >= 4 is 28.9 Å². The quantitative estimate of drug-likeness (QED) is 0.236. The van der Waals surface area contributed by atoms with Gasteiger partial charge in [0.25, 0.3) is 6.47 Å². The van der Waals surface area contributed by atoms with Crippen molar-refractivity contribution < 1.29 is 19.0 Å². The number of nitrogens with two attached hydrogens (primary N) is 1. The van der Waals surface area contributed by atoms with Crippen LogP contribution < -0.4 is 5.73 Å². The zero-order valence-corrected chi connectivity index (χ0v) is 20.5. The van der Waals surface area contributed by atoms with Crippen LogP contribution in [0.4, 0.5) is 10.2 Å². The van der Waals surface area contributed by atoms with E-state index >= 15 is 0 Å². The topological polar surface area (TPSA) is 129 Å². The average molecular weight is 511 g/mol. The normalized spacial score (nSPS) is 12.7. The minimum Gasteiger partial charge on any atom is -0.508 e. The van der Waals surface area contributed by atoms with Crippen molar-refractivity contribution in [3.05, 3.63) is 102 Å². The highest BCUT2D eigenvalue weighted by Gasteiger charge is 2.27. The summed E-state index contributed by atoms with van der Waals surface area (Å²) in [5.41, 5.74) is 10.0. The minimum absolute atomic E-state index is 0.123. The van der Waals surface area contributed by atoms with Gasteiger partial charge in [0.1, 0.15) is 41.2 Å². The predicted molar refractivity (Wildman–Crippen MR) is 140 cm³/mol. The van der Waals surface area contributed by atoms with Crippen molar-refractivity contribution in [2.24, 2.45) is 0 Å². The number of hydrogen-bond acceptors (Lipinski definition) is 8. The number of halogens is 1. The van der Waals surface area contributed by atoms with Gasteiger partial charge in [-0.1, -0.05) is 30.3 Å². The van der Waals surface area contributed by atoms with Gasteiger partial charge < -0.3 is 15.6 Å². The highest BCUT2D eigenvalue weighted by Crippen LogP contribution is 2.38. The van der Waals surface area contributed by atoms with Crippen LogP contribution in [-0.4, -0.2) is 36.3 Å². The number of phenols is 1. The Morgan fingerprint density at radius 2 is 1.89 bits per heavy atom. The van der Waals surface area contributed by atoms with Gasteiger partial charge in [-0.2, -0.15) is 5.10 Å². The van der Waals surface area contributed by atoms with Gasteiger partial charge in [0.05, 0.1) is 11.1 Å². The number of rotatable bonds is 7. The Balaban J connectivity index is 1.81. The molecule has 0 bridgehead atoms. The lowest BCUT2D eigenvalue weighted by Gasteiger charge is -2.21. The number of allylic oxidation sites excluding steroid dienone is 1. The highest BCUT2D eigenvalue weighted by molar-refractivity contribution is 5.98. The summed E-state index contributed by atoms with van der Waals surface area (Å²) in [5, 5.41) is 15.1. The first kappa shape index (κ1) is 24.6. The Bertz CT molecular complexity index is 1660. The molecule has 190 valence electrons. The molecule has 9 nitrogen and oxygen atoms in total. The number of nitrogen functional groups attached to an aromatic ring is 1. The summed E-state index contributed by atoms with van der Waals surface area (Å²) in [6, 6.07) is 16.0. The molecule has 1 unspecified atom stereocenters. The molecule has 0 saturated heterocycles. The molecule has 10 heteroatoms. The fourth-order valence-corrected chi connectivity index (χ4v) is 4.47. The van der Waals surface area contributed by atoms with Gasteiger partial charge in [-0.25, -0.2) is 19.0 Å². The van der Waals surface area contributed by atoms with Gasteiger partial charge in [0.15, 0.2) is 5.65 Å². The lowest BCUT2D eigenvalue weighted by atomic mass is 9.94. The maximum Gasteiger partial charge on any atom is 0.298 e. The monoisotopic (exact) mass is 510 g/mol. The van der Waals surface area contributed by atoms with Gasteiger partial charge in [-0.15, -0.1) is 0 Å². The lowest BCUT2D eigenvalue weighted by molar-refractivity contribution is -0.125. The summed E-state index contributed by atoms with van der Waals surface area (Å²) in [6.45, 7) is 4.10. The number of fused-ring (bicyclic) bond motifs is 1. The molecule has 5 aromatic rings. The van der Waals surface area contributed by atoms with E-state index in [0.29, 0.717) is 28.8 Å². The van der Waals surface area contributed by atoms with Crippen LogP contribution >= 0.6 is 0 Å². The van der Waals surface area contributed by atoms with Crippen molar-refractivity contribution in [1.82, 2.24) is 24.7 Å². The Hall–Kier alpha value is -5.12. The first-order valence-corrected chi connectivity index (χ1v) is 11.7. The number of benzene rings is 2. The number of anilines is 1. The molecule has 38 heavy (non-hydrogen) atoms. The van der Waals surface area contributed by atoms with E-state index in [2.05, 4.69) is 15.0 Å². The number of aromatic hydroxyl groups is 1. The Morgan fingerprint density at radius 3 is 2.61 bits per heavy atom. The first-order valence-electron chi connectivity index (χ1n) is 11.7. The van der Waals surface area contributed by atoms with Crippen LogP contribution in [0.2, 0.25) is 0 Å². The zero-order chi connectivity index (χ0) is 26.8. The van der Waals surface area contributed by atoms with Crippen molar-refractivity contribution in [2.75, 3.05) is 5.73 Å². The molecule has 0 spiro atoms. The Labute approximate surface area is 217 Å². The van der Waals surface area contributed by atoms with E-state index in [1.54, 1.807) is 19.2 Å². The molecule has 5 rings (SSSR count). The number of pyridine rings is 1. The standard InChI is InChI=1S/C28H23FN6O3/c1-16-7-3-4-8-21(16)23(22-9-5-6-10-31-22)26(38-15-36)17(2)35-28-24(27(30)32-14-33-28)25(34-35)18-11-19(29)13-20(37)12-18/h3-15,17,37H,1-2H3,(H2,30,32,33)/b26-23+. The first-order chi connectivity index (χ1) is 18.4. The van der Waals surface area contributed by atoms with Crippen LogP contribution in [-0.2, 0) is 9.53 Å².